The van der Waals surface area contributed by atoms with Crippen molar-refractivity contribution in [3.05, 3.63) is 87.3 Å². The van der Waals surface area contributed by atoms with Gasteiger partial charge in [0.2, 0.25) is 0 Å². The Morgan fingerprint density at radius 1 is 1.15 bits per heavy atom. The maximum atomic E-state index is 15.3. The van der Waals surface area contributed by atoms with E-state index >= 15 is 8.78 Å². The van der Waals surface area contributed by atoms with E-state index in [4.69, 9.17) is 17.0 Å². The van der Waals surface area contributed by atoms with Crippen LogP contribution >= 0.6 is 11.6 Å². The molecule has 0 bridgehead atoms. The van der Waals surface area contributed by atoms with E-state index in [2.05, 4.69) is 32.6 Å². The van der Waals surface area contributed by atoms with Crippen molar-refractivity contribution >= 4 is 40.1 Å². The van der Waals surface area contributed by atoms with Gasteiger partial charge >= 0.3 is 6.03 Å². The molecule has 274 valence electrons. The van der Waals surface area contributed by atoms with Gasteiger partial charge in [0.25, 0.3) is 12.3 Å². The van der Waals surface area contributed by atoms with Crippen molar-refractivity contribution in [3.8, 4) is 23.0 Å². The van der Waals surface area contributed by atoms with E-state index in [1.165, 1.54) is 13.8 Å². The second-order valence-electron chi connectivity index (χ2n) is 12.9. The minimum atomic E-state index is -3.77. The van der Waals surface area contributed by atoms with Crippen LogP contribution in [0.1, 0.15) is 50.2 Å². The number of nitrogens with one attached hydrogen (secondary N) is 4. The number of carbonyl (C=O) groups excluding carboxylic acids is 1. The number of fused-ring (bicyclic) bond motifs is 1. The number of nitrogens with zero attached hydrogens (tertiary/aromatic N) is 3. The molecule has 0 saturated heterocycles. The molecule has 2 aromatic carbocycles. The lowest BCUT2D eigenvalue weighted by Crippen LogP contribution is -2.43. The number of hydrogen-bond donors (Lipinski definition) is 5. The lowest BCUT2D eigenvalue weighted by atomic mass is 9.93. The summed E-state index contributed by atoms with van der Waals surface area (Å²) in [4.78, 5) is 18.3. The van der Waals surface area contributed by atoms with Crippen LogP contribution in [0.4, 0.5) is 37.0 Å². The van der Waals surface area contributed by atoms with E-state index in [0.717, 1.165) is 19.1 Å². The first kappa shape index (κ1) is 38.2. The maximum Gasteiger partial charge on any atom is 0.319 e. The van der Waals surface area contributed by atoms with E-state index in [1.54, 1.807) is 43.0 Å². The van der Waals surface area contributed by atoms with Crippen LogP contribution in [0, 0.1) is 34.8 Å². The fourth-order valence-corrected chi connectivity index (χ4v) is 6.27. The quantitative estimate of drug-likeness (QED) is 0.0688. The molecule has 0 aliphatic heterocycles. The molecule has 9 nitrogen and oxygen atoms in total. The average molecular weight is 746 g/mol. The van der Waals surface area contributed by atoms with Crippen molar-refractivity contribution in [2.45, 2.75) is 57.6 Å². The van der Waals surface area contributed by atoms with Gasteiger partial charge in [0.15, 0.2) is 5.82 Å². The summed E-state index contributed by atoms with van der Waals surface area (Å²) in [6.07, 6.45) is -4.31. The highest BCUT2D eigenvalue weighted by molar-refractivity contribution is 6.37. The van der Waals surface area contributed by atoms with Gasteiger partial charge in [-0.2, -0.15) is 13.9 Å². The third-order valence-electron chi connectivity index (χ3n) is 8.43. The predicted molar refractivity (Wildman–Crippen MR) is 186 cm³/mol. The van der Waals surface area contributed by atoms with Crippen LogP contribution in [0.5, 0.6) is 0 Å². The van der Waals surface area contributed by atoms with Gasteiger partial charge < -0.3 is 21.1 Å². The van der Waals surface area contributed by atoms with Gasteiger partial charge in [-0.1, -0.05) is 30.5 Å². The Bertz CT molecular complexity index is 2150. The Kier molecular flexibility index (Phi) is 10.7. The van der Waals surface area contributed by atoms with Crippen LogP contribution in [-0.2, 0) is 13.5 Å². The molecule has 16 heteroatoms. The third-order valence-corrected chi connectivity index (χ3v) is 8.74. The van der Waals surface area contributed by atoms with Crippen molar-refractivity contribution in [1.82, 2.24) is 25.4 Å². The number of alkyl halides is 4. The molecule has 1 aliphatic carbocycles. The Morgan fingerprint density at radius 3 is 2.42 bits per heavy atom. The van der Waals surface area contributed by atoms with Crippen molar-refractivity contribution in [3.63, 3.8) is 0 Å². The minimum absolute atomic E-state index is 0.0435. The number of amides is 2. The second-order valence-corrected chi connectivity index (χ2v) is 13.3. The summed E-state index contributed by atoms with van der Waals surface area (Å²) in [5, 5.41) is 30.9. The van der Waals surface area contributed by atoms with Crippen LogP contribution in [0.2, 0.25) is 5.02 Å². The number of halogens is 7. The zero-order chi connectivity index (χ0) is 38.3. The summed E-state index contributed by atoms with van der Waals surface area (Å²) in [5.41, 5.74) is -3.06. The van der Waals surface area contributed by atoms with Gasteiger partial charge in [-0.3, -0.25) is 10.1 Å². The standard InChI is InChI=1S/C36H34ClF6N7O2/c1-17-12-24(28(44)32(40)41)31(36(17,42)43)48-34(51)47-26(15-18-13-19(38)16-20(39)14-18)29-22(7-6-21(46-29)10-11-35(2,3)52)23-8-9-25(37)27-30(23)50(5)49-33(27)45-4/h6-9,13-14,16-17,26,32,44,52H,12,15H2,1-5H3,(H,45,49)(H2,47,48,51)/t17-,26?/m1/s1. The van der Waals surface area contributed by atoms with E-state index in [1.807, 2.05) is 5.32 Å². The molecule has 5 rings (SSSR count). The van der Waals surface area contributed by atoms with Gasteiger partial charge in [-0.15, -0.1) is 0 Å². The fourth-order valence-electron chi connectivity index (χ4n) is 6.03. The topological polar surface area (TPSA) is 128 Å². The molecule has 0 spiro atoms. The van der Waals surface area contributed by atoms with Crippen LogP contribution in [0.3, 0.4) is 0 Å². The SMILES string of the molecule is CNc1nn(C)c2c(-c3ccc(C#CC(C)(C)O)nc3C(Cc3cc(F)cc(F)c3)NC(=O)NC3=C(C(=N)C(F)F)C[C@@H](C)C3(F)F)ccc(Cl)c12. The predicted octanol–water partition coefficient (Wildman–Crippen LogP) is 7.53. The smallest absolute Gasteiger partial charge is 0.319 e. The van der Waals surface area contributed by atoms with Crippen molar-refractivity contribution < 1.29 is 36.2 Å². The molecule has 52 heavy (non-hydrogen) atoms. The van der Waals surface area contributed by atoms with Crippen LogP contribution < -0.4 is 16.0 Å². The van der Waals surface area contributed by atoms with Gasteiger partial charge in [0, 0.05) is 42.8 Å². The average Bonchev–Trinajstić information content (AvgIpc) is 3.51. The molecule has 0 radical (unpaired) electrons. The first-order valence-electron chi connectivity index (χ1n) is 15.9. The number of hydrogen-bond acceptors (Lipinski definition) is 6. The first-order chi connectivity index (χ1) is 24.3. The van der Waals surface area contributed by atoms with Gasteiger partial charge in [-0.25, -0.2) is 27.3 Å². The van der Waals surface area contributed by atoms with Gasteiger partial charge in [-0.05, 0) is 68.5 Å². The first-order valence-corrected chi connectivity index (χ1v) is 16.3. The molecule has 5 N–H and O–H groups in total. The number of rotatable bonds is 9. The Hall–Kier alpha value is -5.07. The van der Waals surface area contributed by atoms with E-state index in [0.29, 0.717) is 38.9 Å². The number of benzene rings is 2. The summed E-state index contributed by atoms with van der Waals surface area (Å²) in [6, 6.07) is 6.50. The van der Waals surface area contributed by atoms with Crippen LogP contribution in [0.25, 0.3) is 22.0 Å². The number of aromatic nitrogens is 3. The van der Waals surface area contributed by atoms with Crippen molar-refractivity contribution in [1.29, 1.82) is 5.41 Å². The largest absolute Gasteiger partial charge is 0.378 e. The molecule has 4 aromatic rings. The molecular formula is C36H34ClF6N7O2. The third kappa shape index (κ3) is 7.88. The normalized spacial score (nSPS) is 16.2. The summed E-state index contributed by atoms with van der Waals surface area (Å²) in [6.45, 7) is 4.00. The highest BCUT2D eigenvalue weighted by Crippen LogP contribution is 2.44. The molecule has 0 saturated carbocycles. The molecule has 2 amide bonds. The number of aryl methyl sites for hydroxylation is 1. The molecule has 2 heterocycles. The monoisotopic (exact) mass is 745 g/mol. The van der Waals surface area contributed by atoms with Crippen LogP contribution in [0.15, 0.2) is 53.7 Å². The summed E-state index contributed by atoms with van der Waals surface area (Å²) >= 11 is 6.58. The van der Waals surface area contributed by atoms with Crippen molar-refractivity contribution in [2.75, 3.05) is 12.4 Å². The minimum Gasteiger partial charge on any atom is -0.378 e. The Labute approximate surface area is 300 Å². The van der Waals surface area contributed by atoms with Gasteiger partial charge in [0.1, 0.15) is 28.6 Å². The van der Waals surface area contributed by atoms with Gasteiger partial charge in [0.05, 0.1) is 33.4 Å². The molecular weight excluding hydrogens is 712 g/mol. The van der Waals surface area contributed by atoms with Crippen molar-refractivity contribution in [2.24, 2.45) is 13.0 Å². The number of carbonyl (C=O) groups is 1. The molecule has 2 atom stereocenters. The summed E-state index contributed by atoms with van der Waals surface area (Å²) < 4.78 is 88.1. The number of anilines is 1. The Morgan fingerprint density at radius 2 is 1.81 bits per heavy atom. The van der Waals surface area contributed by atoms with E-state index in [-0.39, 0.29) is 23.4 Å². The molecule has 1 aliphatic rings. The Balaban J connectivity index is 1.71. The number of pyridine rings is 1. The highest BCUT2D eigenvalue weighted by atomic mass is 35.5. The molecule has 1 unspecified atom stereocenters. The lowest BCUT2D eigenvalue weighted by molar-refractivity contribution is -0.00566. The van der Waals surface area contributed by atoms with Crippen LogP contribution in [-0.4, -0.2) is 56.6 Å². The maximum absolute atomic E-state index is 15.3. The zero-order valence-corrected chi connectivity index (χ0v) is 29.3. The van der Waals surface area contributed by atoms with E-state index in [9.17, 15) is 27.5 Å². The number of aliphatic hydroxyl groups is 1. The summed E-state index contributed by atoms with van der Waals surface area (Å²) in [7, 11) is 3.33. The highest BCUT2D eigenvalue weighted by Gasteiger charge is 2.50. The van der Waals surface area contributed by atoms with E-state index < -0.39 is 71.0 Å². The molecule has 2 aromatic heterocycles. The fraction of sp³-hybridized carbons (Fsp3) is 0.333. The number of urea groups is 1. The number of allylic oxidation sites excluding steroid dienone is 2. The second kappa shape index (κ2) is 14.5. The molecule has 0 fully saturated rings. The zero-order valence-electron chi connectivity index (χ0n) is 28.5. The lowest BCUT2D eigenvalue weighted by Gasteiger charge is -2.25. The summed E-state index contributed by atoms with van der Waals surface area (Å²) in [5.74, 6) is -1.28.